The maximum atomic E-state index is 9.76. The maximum Gasteiger partial charge on any atom is 0.145 e. The Morgan fingerprint density at radius 3 is 2.94 bits per heavy atom. The van der Waals surface area contributed by atoms with Gasteiger partial charge >= 0.3 is 0 Å². The standard InChI is InChI=1S/C12H13NO3/c1-9-4-5-12(16-9)11(14)8-15-10-3-2-6-13-7-10/h2-7,11,14H,8H2,1H3. The zero-order chi connectivity index (χ0) is 11.4. The lowest BCUT2D eigenvalue weighted by molar-refractivity contribution is 0.0879. The summed E-state index contributed by atoms with van der Waals surface area (Å²) in [6, 6.07) is 7.11. The molecule has 84 valence electrons. The molecule has 4 nitrogen and oxygen atoms in total. The fourth-order valence-electron chi connectivity index (χ4n) is 1.32. The molecule has 2 aromatic heterocycles. The van der Waals surface area contributed by atoms with Crippen LogP contribution in [0, 0.1) is 6.92 Å². The second-order valence-electron chi connectivity index (χ2n) is 3.46. The molecule has 1 atom stereocenters. The highest BCUT2D eigenvalue weighted by molar-refractivity contribution is 5.16. The van der Waals surface area contributed by atoms with Crippen LogP contribution in [0.1, 0.15) is 17.6 Å². The van der Waals surface area contributed by atoms with Crippen molar-refractivity contribution in [1.82, 2.24) is 4.98 Å². The fourth-order valence-corrected chi connectivity index (χ4v) is 1.32. The molecule has 16 heavy (non-hydrogen) atoms. The minimum Gasteiger partial charge on any atom is -0.489 e. The van der Waals surface area contributed by atoms with Gasteiger partial charge in [0.05, 0.1) is 6.20 Å². The van der Waals surface area contributed by atoms with E-state index in [-0.39, 0.29) is 6.61 Å². The van der Waals surface area contributed by atoms with E-state index in [2.05, 4.69) is 4.98 Å². The van der Waals surface area contributed by atoms with Crippen molar-refractivity contribution >= 4 is 0 Å². The first-order valence-corrected chi connectivity index (χ1v) is 5.03. The summed E-state index contributed by atoms with van der Waals surface area (Å²) < 4.78 is 10.6. The van der Waals surface area contributed by atoms with Gasteiger partial charge in [-0.1, -0.05) is 0 Å². The highest BCUT2D eigenvalue weighted by Crippen LogP contribution is 2.17. The van der Waals surface area contributed by atoms with Crippen molar-refractivity contribution < 1.29 is 14.3 Å². The number of furan rings is 1. The second-order valence-corrected chi connectivity index (χ2v) is 3.46. The fraction of sp³-hybridized carbons (Fsp3) is 0.250. The molecule has 0 aliphatic rings. The molecule has 1 N–H and O–H groups in total. The first-order chi connectivity index (χ1) is 7.75. The summed E-state index contributed by atoms with van der Waals surface area (Å²) in [4.78, 5) is 3.91. The molecular formula is C12H13NO3. The molecule has 2 rings (SSSR count). The Morgan fingerprint density at radius 1 is 1.44 bits per heavy atom. The summed E-state index contributed by atoms with van der Waals surface area (Å²) in [5.74, 6) is 1.92. The van der Waals surface area contributed by atoms with E-state index in [1.54, 1.807) is 30.6 Å². The Kier molecular flexibility index (Phi) is 3.22. The number of hydrogen-bond donors (Lipinski definition) is 1. The van der Waals surface area contributed by atoms with Crippen LogP contribution in [0.3, 0.4) is 0 Å². The molecule has 0 saturated heterocycles. The molecule has 0 saturated carbocycles. The molecule has 0 fully saturated rings. The van der Waals surface area contributed by atoms with Crippen LogP contribution in [0.15, 0.2) is 41.1 Å². The Balaban J connectivity index is 1.91. The van der Waals surface area contributed by atoms with Crippen LogP contribution >= 0.6 is 0 Å². The Morgan fingerprint density at radius 2 is 2.31 bits per heavy atom. The van der Waals surface area contributed by atoms with Crippen molar-refractivity contribution in [2.45, 2.75) is 13.0 Å². The lowest BCUT2D eigenvalue weighted by atomic mass is 10.3. The SMILES string of the molecule is Cc1ccc(C(O)COc2cccnc2)o1. The number of hydrogen-bond acceptors (Lipinski definition) is 4. The normalized spacial score (nSPS) is 12.4. The molecule has 4 heteroatoms. The van der Waals surface area contributed by atoms with Crippen molar-refractivity contribution in [2.75, 3.05) is 6.61 Å². The predicted molar refractivity (Wildman–Crippen MR) is 58.1 cm³/mol. The van der Waals surface area contributed by atoms with Gasteiger partial charge in [-0.15, -0.1) is 0 Å². The van der Waals surface area contributed by atoms with Gasteiger partial charge in [0.15, 0.2) is 0 Å². The average molecular weight is 219 g/mol. The smallest absolute Gasteiger partial charge is 0.145 e. The first-order valence-electron chi connectivity index (χ1n) is 5.03. The highest BCUT2D eigenvalue weighted by Gasteiger charge is 2.12. The third kappa shape index (κ3) is 2.61. The first kappa shape index (κ1) is 10.7. The molecule has 2 aromatic rings. The number of aryl methyl sites for hydroxylation is 1. The number of aromatic nitrogens is 1. The zero-order valence-corrected chi connectivity index (χ0v) is 8.96. The number of nitrogens with zero attached hydrogens (tertiary/aromatic N) is 1. The van der Waals surface area contributed by atoms with E-state index in [9.17, 15) is 5.11 Å². The van der Waals surface area contributed by atoms with Crippen LogP contribution in [0.2, 0.25) is 0 Å². The average Bonchev–Trinajstić information content (AvgIpc) is 2.74. The summed E-state index contributed by atoms with van der Waals surface area (Å²) in [6.45, 7) is 1.98. The van der Waals surface area contributed by atoms with Gasteiger partial charge in [-0.3, -0.25) is 4.98 Å². The largest absolute Gasteiger partial charge is 0.489 e. The quantitative estimate of drug-likeness (QED) is 0.855. The summed E-state index contributed by atoms with van der Waals surface area (Å²) in [5.41, 5.74) is 0. The van der Waals surface area contributed by atoms with E-state index in [1.165, 1.54) is 0 Å². The van der Waals surface area contributed by atoms with Crippen LogP contribution in [-0.2, 0) is 0 Å². The second kappa shape index (κ2) is 4.81. The van der Waals surface area contributed by atoms with E-state index < -0.39 is 6.10 Å². The van der Waals surface area contributed by atoms with Gasteiger partial charge in [-0.2, -0.15) is 0 Å². The third-order valence-corrected chi connectivity index (χ3v) is 2.13. The minimum atomic E-state index is -0.756. The number of aliphatic hydroxyl groups is 1. The molecule has 2 heterocycles. The van der Waals surface area contributed by atoms with Gasteiger partial charge in [0.2, 0.25) is 0 Å². The molecule has 1 unspecified atom stereocenters. The van der Waals surface area contributed by atoms with Crippen molar-refractivity contribution in [2.24, 2.45) is 0 Å². The number of pyridine rings is 1. The molecule has 0 bridgehead atoms. The Bertz CT molecular complexity index is 439. The topological polar surface area (TPSA) is 55.5 Å². The number of ether oxygens (including phenoxy) is 1. The predicted octanol–water partition coefficient (Wildman–Crippen LogP) is 2.10. The summed E-state index contributed by atoms with van der Waals surface area (Å²) in [5, 5.41) is 9.76. The summed E-state index contributed by atoms with van der Waals surface area (Å²) >= 11 is 0. The Hall–Kier alpha value is -1.81. The van der Waals surface area contributed by atoms with E-state index in [1.807, 2.05) is 13.0 Å². The zero-order valence-electron chi connectivity index (χ0n) is 8.96. The van der Waals surface area contributed by atoms with Crippen molar-refractivity contribution in [3.8, 4) is 5.75 Å². The van der Waals surface area contributed by atoms with E-state index in [0.717, 1.165) is 5.76 Å². The summed E-state index contributed by atoms with van der Waals surface area (Å²) in [6.07, 6.45) is 2.51. The molecule has 0 spiro atoms. The third-order valence-electron chi connectivity index (χ3n) is 2.13. The lowest BCUT2D eigenvalue weighted by Gasteiger charge is -2.09. The van der Waals surface area contributed by atoms with Crippen LogP contribution in [0.4, 0.5) is 0 Å². The van der Waals surface area contributed by atoms with Crippen LogP contribution in [0.5, 0.6) is 5.75 Å². The minimum absolute atomic E-state index is 0.151. The van der Waals surface area contributed by atoms with Gasteiger partial charge in [0, 0.05) is 6.20 Å². The van der Waals surface area contributed by atoms with Gasteiger partial charge < -0.3 is 14.3 Å². The molecule has 0 aliphatic heterocycles. The summed E-state index contributed by atoms with van der Waals surface area (Å²) in [7, 11) is 0. The van der Waals surface area contributed by atoms with Gasteiger partial charge in [0.1, 0.15) is 30.0 Å². The van der Waals surface area contributed by atoms with Gasteiger partial charge in [0.25, 0.3) is 0 Å². The lowest BCUT2D eigenvalue weighted by Crippen LogP contribution is -2.08. The molecule has 0 amide bonds. The maximum absolute atomic E-state index is 9.76. The highest BCUT2D eigenvalue weighted by atomic mass is 16.5. The van der Waals surface area contributed by atoms with Gasteiger partial charge in [-0.05, 0) is 31.2 Å². The number of aliphatic hydroxyl groups excluding tert-OH is 1. The molecular weight excluding hydrogens is 206 g/mol. The van der Waals surface area contributed by atoms with E-state index in [4.69, 9.17) is 9.15 Å². The monoisotopic (exact) mass is 219 g/mol. The van der Waals surface area contributed by atoms with Gasteiger partial charge in [-0.25, -0.2) is 0 Å². The van der Waals surface area contributed by atoms with Crippen LogP contribution in [-0.4, -0.2) is 16.7 Å². The molecule has 0 aliphatic carbocycles. The van der Waals surface area contributed by atoms with Crippen LogP contribution in [0.25, 0.3) is 0 Å². The number of rotatable bonds is 4. The van der Waals surface area contributed by atoms with Crippen LogP contribution < -0.4 is 4.74 Å². The van der Waals surface area contributed by atoms with E-state index >= 15 is 0 Å². The van der Waals surface area contributed by atoms with Crippen molar-refractivity contribution in [1.29, 1.82) is 0 Å². The molecule has 0 radical (unpaired) electrons. The van der Waals surface area contributed by atoms with Crippen molar-refractivity contribution in [3.63, 3.8) is 0 Å². The van der Waals surface area contributed by atoms with Crippen molar-refractivity contribution in [3.05, 3.63) is 48.2 Å². The molecule has 0 aromatic carbocycles. The van der Waals surface area contributed by atoms with E-state index in [0.29, 0.717) is 11.5 Å². The Labute approximate surface area is 93.5 Å².